The van der Waals surface area contributed by atoms with Gasteiger partial charge in [0.15, 0.2) is 0 Å². The number of nitrogens with zero attached hydrogens (tertiary/aromatic N) is 3. The standard InChI is InChI=1S/C13H12N6O/c1-8-10(9-4-2-3-5-11(9)16-8)6-14-18-13-17-12(20)7-15-19-13/h2-7,16H,1H3,(H2,17,18,19,20)/b14-6+. The van der Waals surface area contributed by atoms with Crippen molar-refractivity contribution in [2.45, 2.75) is 6.92 Å². The molecule has 7 nitrogen and oxygen atoms in total. The molecule has 0 unspecified atom stereocenters. The van der Waals surface area contributed by atoms with Crippen LogP contribution < -0.4 is 11.0 Å². The van der Waals surface area contributed by atoms with Gasteiger partial charge in [0.2, 0.25) is 5.95 Å². The lowest BCUT2D eigenvalue weighted by Gasteiger charge is -1.96. The van der Waals surface area contributed by atoms with Gasteiger partial charge >= 0.3 is 0 Å². The molecule has 3 rings (SSSR count). The Hall–Kier alpha value is -2.96. The monoisotopic (exact) mass is 268 g/mol. The Bertz CT molecular complexity index is 832. The number of hydrazone groups is 1. The van der Waals surface area contributed by atoms with E-state index < -0.39 is 0 Å². The second kappa shape index (κ2) is 4.96. The fourth-order valence-corrected chi connectivity index (χ4v) is 1.99. The molecule has 2 heterocycles. The topological polar surface area (TPSA) is 98.8 Å². The Morgan fingerprint density at radius 1 is 1.30 bits per heavy atom. The van der Waals surface area contributed by atoms with Crippen molar-refractivity contribution in [1.82, 2.24) is 20.2 Å². The molecule has 0 amide bonds. The molecule has 0 aliphatic carbocycles. The van der Waals surface area contributed by atoms with E-state index in [1.54, 1.807) is 6.21 Å². The van der Waals surface area contributed by atoms with Gasteiger partial charge in [-0.15, -0.1) is 10.2 Å². The van der Waals surface area contributed by atoms with Gasteiger partial charge in [-0.1, -0.05) is 18.2 Å². The van der Waals surface area contributed by atoms with E-state index >= 15 is 0 Å². The van der Waals surface area contributed by atoms with Gasteiger partial charge < -0.3 is 4.98 Å². The normalized spacial score (nSPS) is 11.2. The van der Waals surface area contributed by atoms with E-state index in [2.05, 4.69) is 30.7 Å². The average molecular weight is 268 g/mol. The van der Waals surface area contributed by atoms with Crippen molar-refractivity contribution < 1.29 is 0 Å². The number of nitrogens with one attached hydrogen (secondary N) is 3. The summed E-state index contributed by atoms with van der Waals surface area (Å²) in [6.07, 6.45) is 2.78. The maximum absolute atomic E-state index is 11.1. The van der Waals surface area contributed by atoms with Crippen LogP contribution >= 0.6 is 0 Å². The zero-order chi connectivity index (χ0) is 13.9. The minimum absolute atomic E-state index is 0.200. The molecule has 0 aliphatic heterocycles. The highest BCUT2D eigenvalue weighted by molar-refractivity contribution is 6.00. The molecular weight excluding hydrogens is 256 g/mol. The van der Waals surface area contributed by atoms with Crippen molar-refractivity contribution in [1.29, 1.82) is 0 Å². The van der Waals surface area contributed by atoms with Crippen molar-refractivity contribution in [3.8, 4) is 0 Å². The molecule has 0 atom stereocenters. The third-order valence-electron chi connectivity index (χ3n) is 2.88. The van der Waals surface area contributed by atoms with Crippen molar-refractivity contribution in [3.05, 3.63) is 52.1 Å². The van der Waals surface area contributed by atoms with Gasteiger partial charge in [-0.3, -0.25) is 9.78 Å². The van der Waals surface area contributed by atoms with Crippen LogP contribution in [0.4, 0.5) is 5.95 Å². The Morgan fingerprint density at radius 2 is 2.15 bits per heavy atom. The van der Waals surface area contributed by atoms with Crippen LogP contribution in [0, 0.1) is 6.92 Å². The molecule has 1 aromatic carbocycles. The summed E-state index contributed by atoms with van der Waals surface area (Å²) >= 11 is 0. The molecule has 0 radical (unpaired) electrons. The molecule has 3 N–H and O–H groups in total. The molecule has 0 bridgehead atoms. The van der Waals surface area contributed by atoms with Crippen molar-refractivity contribution in [2.75, 3.05) is 5.43 Å². The van der Waals surface area contributed by atoms with Crippen LogP contribution in [0.25, 0.3) is 10.9 Å². The lowest BCUT2D eigenvalue weighted by Crippen LogP contribution is -2.10. The first-order chi connectivity index (χ1) is 9.74. The lowest BCUT2D eigenvalue weighted by molar-refractivity contribution is 0.939. The first-order valence-electron chi connectivity index (χ1n) is 6.02. The van der Waals surface area contributed by atoms with E-state index in [-0.39, 0.29) is 11.5 Å². The van der Waals surface area contributed by atoms with Crippen LogP contribution in [-0.4, -0.2) is 26.4 Å². The molecule has 0 saturated heterocycles. The Morgan fingerprint density at radius 3 is 3.00 bits per heavy atom. The number of fused-ring (bicyclic) bond motifs is 1. The van der Waals surface area contributed by atoms with Gasteiger partial charge in [-0.05, 0) is 13.0 Å². The predicted molar refractivity (Wildman–Crippen MR) is 76.9 cm³/mol. The third-order valence-corrected chi connectivity index (χ3v) is 2.88. The highest BCUT2D eigenvalue weighted by atomic mass is 16.1. The number of aryl methyl sites for hydroxylation is 1. The largest absolute Gasteiger partial charge is 0.358 e. The first kappa shape index (κ1) is 12.1. The summed E-state index contributed by atoms with van der Waals surface area (Å²) in [6, 6.07) is 7.97. The van der Waals surface area contributed by atoms with Crippen molar-refractivity contribution in [3.63, 3.8) is 0 Å². The van der Waals surface area contributed by atoms with Crippen molar-refractivity contribution >= 4 is 23.1 Å². The number of rotatable bonds is 3. The Balaban J connectivity index is 1.88. The SMILES string of the molecule is Cc1[nH]c2ccccc2c1/C=N/Nc1nncc(=O)[nH]1. The molecule has 0 saturated carbocycles. The minimum atomic E-state index is -0.332. The quantitative estimate of drug-likeness (QED) is 0.494. The van der Waals surface area contributed by atoms with Crippen LogP contribution in [0.1, 0.15) is 11.3 Å². The van der Waals surface area contributed by atoms with Gasteiger partial charge in [-0.25, -0.2) is 5.43 Å². The molecule has 20 heavy (non-hydrogen) atoms. The number of hydrogen-bond donors (Lipinski definition) is 3. The number of anilines is 1. The maximum Gasteiger partial charge on any atom is 0.271 e. The zero-order valence-electron chi connectivity index (χ0n) is 10.7. The van der Waals surface area contributed by atoms with Gasteiger partial charge in [0.25, 0.3) is 5.56 Å². The average Bonchev–Trinajstić information content (AvgIpc) is 2.75. The number of para-hydroxylation sites is 1. The van der Waals surface area contributed by atoms with E-state index in [1.807, 2.05) is 31.2 Å². The summed E-state index contributed by atoms with van der Waals surface area (Å²) in [5.41, 5.74) is 5.37. The van der Waals surface area contributed by atoms with Crippen LogP contribution in [0.5, 0.6) is 0 Å². The van der Waals surface area contributed by atoms with E-state index in [0.29, 0.717) is 0 Å². The summed E-state index contributed by atoms with van der Waals surface area (Å²) in [4.78, 5) is 16.8. The number of benzene rings is 1. The van der Waals surface area contributed by atoms with Crippen molar-refractivity contribution in [2.24, 2.45) is 5.10 Å². The molecule has 100 valence electrons. The molecule has 2 aromatic heterocycles. The molecule has 7 heteroatoms. The summed E-state index contributed by atoms with van der Waals surface area (Å²) in [5, 5.41) is 12.4. The first-order valence-corrected chi connectivity index (χ1v) is 6.02. The van der Waals surface area contributed by atoms with E-state index in [1.165, 1.54) is 0 Å². The van der Waals surface area contributed by atoms with Gasteiger partial charge in [-0.2, -0.15) is 5.10 Å². The maximum atomic E-state index is 11.1. The molecule has 3 aromatic rings. The van der Waals surface area contributed by atoms with Crippen LogP contribution in [-0.2, 0) is 0 Å². The summed E-state index contributed by atoms with van der Waals surface area (Å²) in [7, 11) is 0. The number of H-pyrrole nitrogens is 2. The predicted octanol–water partition coefficient (Wildman–Crippen LogP) is 1.40. The Labute approximate surface area is 113 Å². The van der Waals surface area contributed by atoms with E-state index in [4.69, 9.17) is 0 Å². The molecule has 0 aliphatic rings. The van der Waals surface area contributed by atoms with Crippen LogP contribution in [0.3, 0.4) is 0 Å². The number of aromatic nitrogens is 4. The second-order valence-corrected chi connectivity index (χ2v) is 4.26. The fraction of sp³-hybridized carbons (Fsp3) is 0.0769. The number of hydrogen-bond acceptors (Lipinski definition) is 5. The second-order valence-electron chi connectivity index (χ2n) is 4.26. The summed E-state index contributed by atoms with van der Waals surface area (Å²) in [6.45, 7) is 1.98. The highest BCUT2D eigenvalue weighted by Crippen LogP contribution is 2.19. The van der Waals surface area contributed by atoms with Gasteiger partial charge in [0.05, 0.1) is 6.21 Å². The number of aromatic amines is 2. The molecular formula is C13H12N6O. The van der Waals surface area contributed by atoms with E-state index in [0.717, 1.165) is 28.4 Å². The minimum Gasteiger partial charge on any atom is -0.358 e. The smallest absolute Gasteiger partial charge is 0.271 e. The zero-order valence-corrected chi connectivity index (χ0v) is 10.7. The van der Waals surface area contributed by atoms with E-state index in [9.17, 15) is 4.79 Å². The van der Waals surface area contributed by atoms with Gasteiger partial charge in [0, 0.05) is 22.2 Å². The lowest BCUT2D eigenvalue weighted by atomic mass is 10.1. The Kier molecular flexibility index (Phi) is 3.00. The third kappa shape index (κ3) is 2.28. The molecule has 0 spiro atoms. The molecule has 0 fully saturated rings. The summed E-state index contributed by atoms with van der Waals surface area (Å²) < 4.78 is 0. The van der Waals surface area contributed by atoms with Crippen LogP contribution in [0.2, 0.25) is 0 Å². The van der Waals surface area contributed by atoms with Crippen LogP contribution in [0.15, 0.2) is 40.4 Å². The fourth-order valence-electron chi connectivity index (χ4n) is 1.99. The summed E-state index contributed by atoms with van der Waals surface area (Å²) in [5.74, 6) is 0.200. The van der Waals surface area contributed by atoms with Gasteiger partial charge in [0.1, 0.15) is 6.20 Å². The highest BCUT2D eigenvalue weighted by Gasteiger charge is 2.04.